The van der Waals surface area contributed by atoms with E-state index in [1.165, 1.54) is 18.6 Å². The van der Waals surface area contributed by atoms with Crippen LogP contribution in [0.2, 0.25) is 10.0 Å². The van der Waals surface area contributed by atoms with Crippen LogP contribution in [0, 0.1) is 0 Å². The first kappa shape index (κ1) is 11.3. The van der Waals surface area contributed by atoms with E-state index < -0.39 is 0 Å². The van der Waals surface area contributed by atoms with Crippen molar-refractivity contribution < 1.29 is 5.11 Å². The van der Waals surface area contributed by atoms with Crippen LogP contribution >= 0.6 is 23.2 Å². The van der Waals surface area contributed by atoms with Crippen LogP contribution in [-0.4, -0.2) is 20.1 Å². The Kier molecular flexibility index (Phi) is 3.33. The molecule has 2 heterocycles. The largest absolute Gasteiger partial charge is 0.392 e. The van der Waals surface area contributed by atoms with E-state index in [1.807, 2.05) is 0 Å². The molecule has 16 heavy (non-hydrogen) atoms. The highest BCUT2D eigenvalue weighted by Gasteiger charge is 2.08. The maximum Gasteiger partial charge on any atom is 0.179 e. The first-order valence-corrected chi connectivity index (χ1v) is 5.19. The second-order valence-corrected chi connectivity index (χ2v) is 3.90. The first-order chi connectivity index (χ1) is 7.70. The highest BCUT2D eigenvalue weighted by Crippen LogP contribution is 2.24. The average Bonchev–Trinajstić information content (AvgIpc) is 2.29. The third-order valence-corrected chi connectivity index (χ3v) is 2.40. The van der Waals surface area contributed by atoms with Crippen LogP contribution in [0.1, 0.15) is 5.56 Å². The number of halogens is 2. The summed E-state index contributed by atoms with van der Waals surface area (Å²) in [6, 6.07) is 1.58. The Morgan fingerprint density at radius 2 is 1.75 bits per heavy atom. The Morgan fingerprint density at radius 3 is 2.31 bits per heavy atom. The minimum Gasteiger partial charge on any atom is -0.392 e. The van der Waals surface area contributed by atoms with Gasteiger partial charge in [-0.25, -0.2) is 15.0 Å². The molecule has 0 amide bonds. The lowest BCUT2D eigenvalue weighted by Gasteiger charge is -2.02. The number of aliphatic hydroxyl groups is 1. The van der Waals surface area contributed by atoms with Crippen molar-refractivity contribution in [2.75, 3.05) is 0 Å². The molecule has 0 aliphatic rings. The summed E-state index contributed by atoms with van der Waals surface area (Å²) in [5, 5.41) is 9.70. The molecule has 82 valence electrons. The Labute approximate surface area is 102 Å². The fraction of sp³-hybridized carbons (Fsp3) is 0.100. The molecular weight excluding hydrogens is 249 g/mol. The van der Waals surface area contributed by atoms with Gasteiger partial charge in [-0.05, 0) is 6.07 Å². The lowest BCUT2D eigenvalue weighted by Crippen LogP contribution is -1.94. The normalized spacial score (nSPS) is 10.4. The Bertz CT molecular complexity index is 502. The van der Waals surface area contributed by atoms with Gasteiger partial charge in [-0.15, -0.1) is 0 Å². The molecule has 2 aromatic rings. The lowest BCUT2D eigenvalue weighted by atomic mass is 10.3. The van der Waals surface area contributed by atoms with E-state index in [0.29, 0.717) is 27.1 Å². The van der Waals surface area contributed by atoms with E-state index in [1.54, 1.807) is 6.07 Å². The highest BCUT2D eigenvalue weighted by atomic mass is 35.5. The standard InChI is InChI=1S/C10H7Cl2N3O/c11-7-1-8(12)9(13-4-7)10-14-2-6(5-16)3-15-10/h1-4,16H,5H2. The number of pyridine rings is 1. The molecule has 0 aromatic carbocycles. The third-order valence-electron chi connectivity index (χ3n) is 1.91. The fourth-order valence-corrected chi connectivity index (χ4v) is 1.60. The summed E-state index contributed by atoms with van der Waals surface area (Å²) in [5.74, 6) is 0.402. The van der Waals surface area contributed by atoms with Crippen LogP contribution < -0.4 is 0 Å². The number of aliphatic hydroxyl groups excluding tert-OH is 1. The van der Waals surface area contributed by atoms with E-state index in [0.717, 1.165) is 0 Å². The average molecular weight is 256 g/mol. The molecule has 0 fully saturated rings. The fourth-order valence-electron chi connectivity index (χ4n) is 1.14. The van der Waals surface area contributed by atoms with Gasteiger partial charge in [-0.1, -0.05) is 23.2 Å². The zero-order valence-electron chi connectivity index (χ0n) is 8.06. The maximum absolute atomic E-state index is 8.85. The predicted octanol–water partition coefficient (Wildman–Crippen LogP) is 2.34. The van der Waals surface area contributed by atoms with Crippen molar-refractivity contribution in [3.63, 3.8) is 0 Å². The van der Waals surface area contributed by atoms with Crippen LogP contribution in [0.4, 0.5) is 0 Å². The van der Waals surface area contributed by atoms with Gasteiger partial charge in [0.2, 0.25) is 0 Å². The zero-order valence-corrected chi connectivity index (χ0v) is 9.57. The predicted molar refractivity (Wildman–Crippen MR) is 61.2 cm³/mol. The molecule has 6 heteroatoms. The summed E-state index contributed by atoms with van der Waals surface area (Å²) in [5.41, 5.74) is 1.10. The molecule has 0 aliphatic heterocycles. The van der Waals surface area contributed by atoms with Gasteiger partial charge in [-0.3, -0.25) is 0 Å². The number of nitrogens with zero attached hydrogens (tertiary/aromatic N) is 3. The molecule has 0 aliphatic carbocycles. The van der Waals surface area contributed by atoms with Crippen LogP contribution in [0.5, 0.6) is 0 Å². The molecule has 0 atom stereocenters. The first-order valence-electron chi connectivity index (χ1n) is 4.44. The Balaban J connectivity index is 2.42. The minimum atomic E-state index is -0.0952. The van der Waals surface area contributed by atoms with E-state index >= 15 is 0 Å². The minimum absolute atomic E-state index is 0.0952. The van der Waals surface area contributed by atoms with Crippen molar-refractivity contribution in [3.8, 4) is 11.5 Å². The zero-order chi connectivity index (χ0) is 11.5. The van der Waals surface area contributed by atoms with Crippen molar-refractivity contribution in [1.29, 1.82) is 0 Å². The molecule has 1 N–H and O–H groups in total. The summed E-state index contributed by atoms with van der Waals surface area (Å²) in [6.07, 6.45) is 4.52. The van der Waals surface area contributed by atoms with Gasteiger partial charge in [0.15, 0.2) is 5.82 Å². The van der Waals surface area contributed by atoms with Gasteiger partial charge in [0.1, 0.15) is 5.69 Å². The molecular formula is C10H7Cl2N3O. The molecule has 0 saturated carbocycles. The molecule has 2 aromatic heterocycles. The van der Waals surface area contributed by atoms with E-state index in [4.69, 9.17) is 28.3 Å². The quantitative estimate of drug-likeness (QED) is 0.895. The molecule has 2 rings (SSSR count). The maximum atomic E-state index is 8.85. The molecule has 0 saturated heterocycles. The number of hydrogen-bond donors (Lipinski definition) is 1. The van der Waals surface area contributed by atoms with Crippen molar-refractivity contribution >= 4 is 23.2 Å². The summed E-state index contributed by atoms with van der Waals surface area (Å²) in [6.45, 7) is -0.0952. The monoisotopic (exact) mass is 255 g/mol. The number of aromatic nitrogens is 3. The molecule has 0 radical (unpaired) electrons. The van der Waals surface area contributed by atoms with Crippen LogP contribution in [0.25, 0.3) is 11.5 Å². The van der Waals surface area contributed by atoms with Gasteiger partial charge < -0.3 is 5.11 Å². The highest BCUT2D eigenvalue weighted by molar-refractivity contribution is 6.35. The molecule has 0 unspecified atom stereocenters. The lowest BCUT2D eigenvalue weighted by molar-refractivity contribution is 0.281. The SMILES string of the molecule is OCc1cnc(-c2ncc(Cl)cc2Cl)nc1. The summed E-state index contributed by atoms with van der Waals surface area (Å²) in [7, 11) is 0. The van der Waals surface area contributed by atoms with E-state index in [2.05, 4.69) is 15.0 Å². The molecule has 4 nitrogen and oxygen atoms in total. The van der Waals surface area contributed by atoms with E-state index in [9.17, 15) is 0 Å². The topological polar surface area (TPSA) is 58.9 Å². The smallest absolute Gasteiger partial charge is 0.179 e. The van der Waals surface area contributed by atoms with Crippen molar-refractivity contribution in [2.24, 2.45) is 0 Å². The summed E-state index contributed by atoms with van der Waals surface area (Å²) < 4.78 is 0. The van der Waals surface area contributed by atoms with Gasteiger partial charge >= 0.3 is 0 Å². The van der Waals surface area contributed by atoms with Gasteiger partial charge in [0, 0.05) is 24.2 Å². The second kappa shape index (κ2) is 4.74. The second-order valence-electron chi connectivity index (χ2n) is 3.06. The summed E-state index contributed by atoms with van der Waals surface area (Å²) in [4.78, 5) is 12.2. The number of rotatable bonds is 2. The molecule has 0 spiro atoms. The van der Waals surface area contributed by atoms with Gasteiger partial charge in [-0.2, -0.15) is 0 Å². The Morgan fingerprint density at radius 1 is 1.06 bits per heavy atom. The van der Waals surface area contributed by atoms with Crippen LogP contribution in [0.3, 0.4) is 0 Å². The van der Waals surface area contributed by atoms with Crippen LogP contribution in [-0.2, 0) is 6.61 Å². The van der Waals surface area contributed by atoms with Crippen molar-refractivity contribution in [1.82, 2.24) is 15.0 Å². The van der Waals surface area contributed by atoms with Crippen LogP contribution in [0.15, 0.2) is 24.7 Å². The Hall–Kier alpha value is -1.23. The molecule has 0 bridgehead atoms. The van der Waals surface area contributed by atoms with Gasteiger partial charge in [0.05, 0.1) is 16.7 Å². The van der Waals surface area contributed by atoms with E-state index in [-0.39, 0.29) is 6.61 Å². The van der Waals surface area contributed by atoms with Crippen molar-refractivity contribution in [3.05, 3.63) is 40.3 Å². The van der Waals surface area contributed by atoms with Gasteiger partial charge in [0.25, 0.3) is 0 Å². The summed E-state index contributed by atoms with van der Waals surface area (Å²) >= 11 is 11.7. The third kappa shape index (κ3) is 2.29. The number of hydrogen-bond acceptors (Lipinski definition) is 4. The van der Waals surface area contributed by atoms with Crippen molar-refractivity contribution in [2.45, 2.75) is 6.61 Å².